The number of pyridine rings is 1. The van der Waals surface area contributed by atoms with Crippen LogP contribution in [0.5, 0.6) is 11.5 Å². The molecule has 1 aliphatic heterocycles. The summed E-state index contributed by atoms with van der Waals surface area (Å²) in [5.41, 5.74) is 4.54. The fourth-order valence-corrected chi connectivity index (χ4v) is 4.55. The molecule has 38 heavy (non-hydrogen) atoms. The number of carbonyl (C=O) groups excluding carboxylic acids is 3. The molecule has 3 aromatic rings. The molecule has 0 spiro atoms. The van der Waals surface area contributed by atoms with E-state index in [1.165, 1.54) is 13.8 Å². The summed E-state index contributed by atoms with van der Waals surface area (Å²) in [6, 6.07) is 14.3. The summed E-state index contributed by atoms with van der Waals surface area (Å²) >= 11 is 0. The maximum Gasteiger partial charge on any atom is 0.308 e. The Bertz CT molecular complexity index is 1680. The fraction of sp³-hybridized carbons (Fsp3) is 0.133. The van der Waals surface area contributed by atoms with Gasteiger partial charge in [0.05, 0.1) is 16.5 Å². The predicted octanol–water partition coefficient (Wildman–Crippen LogP) is 4.34. The zero-order valence-corrected chi connectivity index (χ0v) is 21.3. The molecule has 190 valence electrons. The van der Waals surface area contributed by atoms with Crippen LogP contribution in [0.3, 0.4) is 0 Å². The minimum Gasteiger partial charge on any atom is -0.506 e. The zero-order valence-electron chi connectivity index (χ0n) is 21.3. The third kappa shape index (κ3) is 4.48. The van der Waals surface area contributed by atoms with Gasteiger partial charge in [0.2, 0.25) is 17.0 Å². The lowest BCUT2D eigenvalue weighted by atomic mass is 9.86. The summed E-state index contributed by atoms with van der Waals surface area (Å²) in [7, 11) is 3.72. The van der Waals surface area contributed by atoms with E-state index in [4.69, 9.17) is 9.47 Å². The van der Waals surface area contributed by atoms with Gasteiger partial charge in [0.1, 0.15) is 24.3 Å². The number of aryl methyl sites for hydroxylation is 1. The van der Waals surface area contributed by atoms with Crippen LogP contribution in [0.15, 0.2) is 83.3 Å². The Labute approximate surface area is 219 Å². The standard InChI is InChI=1S/C30H24N2O6/c1-17(33)37-23-9-11-27-19(13-23)5-7-21(31(27)3)15-25-29(35)26(30(25)36)16-22-8-6-20-14-24(38-18(2)34)10-12-28(20)32(22)4/h5-16H,1-4H3/p+1. The predicted molar refractivity (Wildman–Crippen MR) is 142 cm³/mol. The van der Waals surface area contributed by atoms with Gasteiger partial charge in [-0.15, -0.1) is 0 Å². The molecule has 2 aromatic carbocycles. The van der Waals surface area contributed by atoms with E-state index < -0.39 is 0 Å². The number of Topliss-reactive ketones (excluding diaryl/α,β-unsaturated/α-hetero) is 1. The van der Waals surface area contributed by atoms with E-state index in [2.05, 4.69) is 0 Å². The van der Waals surface area contributed by atoms with Gasteiger partial charge in [-0.1, -0.05) is 6.08 Å². The molecule has 0 amide bonds. The highest BCUT2D eigenvalue weighted by atomic mass is 16.5. The van der Waals surface area contributed by atoms with Crippen molar-refractivity contribution in [2.75, 3.05) is 11.9 Å². The minimum absolute atomic E-state index is 0.0643. The van der Waals surface area contributed by atoms with Crippen molar-refractivity contribution in [3.8, 4) is 11.5 Å². The van der Waals surface area contributed by atoms with Crippen LogP contribution in [0.4, 0.5) is 5.69 Å². The lowest BCUT2D eigenvalue weighted by Crippen LogP contribution is -2.33. The molecular weight excluding hydrogens is 484 g/mol. The highest BCUT2D eigenvalue weighted by molar-refractivity contribution is 6.23. The Morgan fingerprint density at radius 3 is 2.29 bits per heavy atom. The largest absolute Gasteiger partial charge is 0.506 e. The van der Waals surface area contributed by atoms with Crippen molar-refractivity contribution >= 4 is 46.5 Å². The number of nitrogens with zero attached hydrogens (tertiary/aromatic N) is 2. The van der Waals surface area contributed by atoms with Gasteiger partial charge >= 0.3 is 11.9 Å². The second-order valence-corrected chi connectivity index (χ2v) is 9.06. The van der Waals surface area contributed by atoms with E-state index in [-0.39, 0.29) is 34.6 Å². The first-order valence-corrected chi connectivity index (χ1v) is 11.9. The second-order valence-electron chi connectivity index (χ2n) is 9.06. The van der Waals surface area contributed by atoms with Gasteiger partial charge in [-0.05, 0) is 48.6 Å². The van der Waals surface area contributed by atoms with Crippen molar-refractivity contribution in [2.45, 2.75) is 13.8 Å². The number of benzene rings is 2. The molecule has 8 heteroatoms. The number of likely N-dealkylation sites (N-methyl/N-ethyl adjacent to an activating group) is 1. The Kier molecular flexibility index (Phi) is 6.16. The number of rotatable bonds is 4. The first-order chi connectivity index (χ1) is 18.1. The maximum absolute atomic E-state index is 13.0. The number of esters is 2. The number of aromatic nitrogens is 1. The Morgan fingerprint density at radius 2 is 1.61 bits per heavy atom. The summed E-state index contributed by atoms with van der Waals surface area (Å²) in [5, 5.41) is 11.6. The van der Waals surface area contributed by atoms with Gasteiger partial charge in [0, 0.05) is 56.1 Å². The summed E-state index contributed by atoms with van der Waals surface area (Å²) < 4.78 is 12.2. The molecule has 5 rings (SSSR count). The number of aliphatic hydroxyl groups is 1. The number of aliphatic hydroxyl groups excluding tert-OH is 1. The molecule has 1 aliphatic carbocycles. The van der Waals surface area contributed by atoms with Crippen molar-refractivity contribution in [3.05, 3.63) is 94.5 Å². The number of allylic oxidation sites excluding steroid dienone is 4. The Balaban J connectivity index is 1.42. The number of ketones is 1. The lowest BCUT2D eigenvalue weighted by Gasteiger charge is -2.28. The maximum atomic E-state index is 13.0. The fourth-order valence-electron chi connectivity index (χ4n) is 4.55. The van der Waals surface area contributed by atoms with Crippen LogP contribution in [0.1, 0.15) is 25.1 Å². The second kappa shape index (κ2) is 9.48. The normalized spacial score (nSPS) is 16.6. The Morgan fingerprint density at radius 1 is 0.921 bits per heavy atom. The van der Waals surface area contributed by atoms with Gasteiger partial charge in [-0.25, -0.2) is 0 Å². The molecule has 0 atom stereocenters. The van der Waals surface area contributed by atoms with Crippen LogP contribution in [-0.2, 0) is 21.4 Å². The molecule has 0 radical (unpaired) electrons. The molecule has 0 bridgehead atoms. The minimum atomic E-state index is -0.390. The molecule has 0 saturated heterocycles. The summed E-state index contributed by atoms with van der Waals surface area (Å²) in [4.78, 5) is 37.4. The number of ether oxygens (including phenoxy) is 2. The van der Waals surface area contributed by atoms with E-state index >= 15 is 0 Å². The lowest BCUT2D eigenvalue weighted by molar-refractivity contribution is -0.646. The number of hydrogen-bond donors (Lipinski definition) is 1. The number of hydrogen-bond acceptors (Lipinski definition) is 7. The highest BCUT2D eigenvalue weighted by Crippen LogP contribution is 2.36. The molecular formula is C30H25N2O6+. The molecule has 0 saturated carbocycles. The molecule has 1 aromatic heterocycles. The van der Waals surface area contributed by atoms with E-state index in [0.717, 1.165) is 33.5 Å². The van der Waals surface area contributed by atoms with E-state index in [1.807, 2.05) is 60.0 Å². The molecule has 0 fully saturated rings. The van der Waals surface area contributed by atoms with Gasteiger partial charge < -0.3 is 19.5 Å². The van der Waals surface area contributed by atoms with Crippen LogP contribution < -0.4 is 18.9 Å². The van der Waals surface area contributed by atoms with Crippen LogP contribution >= 0.6 is 0 Å². The van der Waals surface area contributed by atoms with Gasteiger partial charge in [0.15, 0.2) is 0 Å². The first-order valence-electron chi connectivity index (χ1n) is 11.9. The van der Waals surface area contributed by atoms with E-state index in [1.54, 1.807) is 36.4 Å². The average Bonchev–Trinajstić information content (AvgIpc) is 2.87. The molecule has 1 N–H and O–H groups in total. The molecule has 0 unspecified atom stereocenters. The third-order valence-electron chi connectivity index (χ3n) is 6.47. The average molecular weight is 510 g/mol. The van der Waals surface area contributed by atoms with Gasteiger partial charge in [-0.2, -0.15) is 4.57 Å². The summed E-state index contributed by atoms with van der Waals surface area (Å²) in [6.07, 6.45) is 7.02. The highest BCUT2D eigenvalue weighted by Gasteiger charge is 2.34. The van der Waals surface area contributed by atoms with Crippen LogP contribution in [0.2, 0.25) is 0 Å². The molecule has 2 heterocycles. The van der Waals surface area contributed by atoms with Crippen molar-refractivity contribution in [2.24, 2.45) is 7.05 Å². The SMILES string of the molecule is CC(=O)Oc1ccc2c(c1)C=C/C(=C/C1=C(O)C(=C/c3ccc4cc(OC(C)=O)ccc4[n+]3C)/C1=O)N2C. The van der Waals surface area contributed by atoms with Crippen molar-refractivity contribution in [1.29, 1.82) is 0 Å². The number of anilines is 1. The number of carbonyl (C=O) groups is 3. The van der Waals surface area contributed by atoms with E-state index in [0.29, 0.717) is 11.5 Å². The van der Waals surface area contributed by atoms with Crippen LogP contribution in [0.25, 0.3) is 23.1 Å². The monoisotopic (exact) mass is 509 g/mol. The van der Waals surface area contributed by atoms with Gasteiger partial charge in [-0.3, -0.25) is 14.4 Å². The zero-order chi connectivity index (χ0) is 27.1. The van der Waals surface area contributed by atoms with Crippen LogP contribution in [0, 0.1) is 0 Å². The third-order valence-corrected chi connectivity index (χ3v) is 6.47. The molecule has 8 nitrogen and oxygen atoms in total. The number of fused-ring (bicyclic) bond motifs is 2. The summed E-state index contributed by atoms with van der Waals surface area (Å²) in [5.74, 6) is -0.183. The topological polar surface area (TPSA) is 97.0 Å². The molecule has 2 aliphatic rings. The van der Waals surface area contributed by atoms with E-state index in [9.17, 15) is 19.5 Å². The van der Waals surface area contributed by atoms with Crippen molar-refractivity contribution in [1.82, 2.24) is 0 Å². The smallest absolute Gasteiger partial charge is 0.308 e. The van der Waals surface area contributed by atoms with Gasteiger partial charge in [0.25, 0.3) is 0 Å². The quantitative estimate of drug-likeness (QED) is 0.242. The summed E-state index contributed by atoms with van der Waals surface area (Å²) in [6.45, 7) is 2.70. The van der Waals surface area contributed by atoms with Crippen molar-refractivity contribution < 1.29 is 33.5 Å². The first kappa shape index (κ1) is 24.7. The van der Waals surface area contributed by atoms with Crippen molar-refractivity contribution in [3.63, 3.8) is 0 Å². The Hall–Kier alpha value is -4.98. The van der Waals surface area contributed by atoms with Crippen LogP contribution in [-0.4, -0.2) is 29.9 Å².